The van der Waals surface area contributed by atoms with Gasteiger partial charge in [0.15, 0.2) is 12.4 Å². The Morgan fingerprint density at radius 3 is 2.57 bits per heavy atom. The molecule has 21 heavy (non-hydrogen) atoms. The third kappa shape index (κ3) is 5.09. The summed E-state index contributed by atoms with van der Waals surface area (Å²) in [6, 6.07) is 3.96. The van der Waals surface area contributed by atoms with Crippen LogP contribution >= 0.6 is 0 Å². The smallest absolute Gasteiger partial charge is 0.344 e. The number of rotatable bonds is 7. The zero-order valence-corrected chi connectivity index (χ0v) is 11.7. The lowest BCUT2D eigenvalue weighted by Gasteiger charge is -2.08. The Morgan fingerprint density at radius 1 is 1.29 bits per heavy atom. The Kier molecular flexibility index (Phi) is 6.12. The van der Waals surface area contributed by atoms with E-state index in [0.717, 1.165) is 0 Å². The van der Waals surface area contributed by atoms with Crippen LogP contribution in [0.5, 0.6) is 5.75 Å². The number of carbonyl (C=O) groups is 2. The van der Waals surface area contributed by atoms with Crippen molar-refractivity contribution < 1.29 is 28.7 Å². The van der Waals surface area contributed by atoms with Crippen LogP contribution in [0.3, 0.4) is 0 Å². The zero-order valence-electron chi connectivity index (χ0n) is 11.7. The van der Waals surface area contributed by atoms with Gasteiger partial charge in [-0.15, -0.1) is 0 Å². The van der Waals surface area contributed by atoms with Gasteiger partial charge in [-0.2, -0.15) is 0 Å². The Labute approximate surface area is 120 Å². The van der Waals surface area contributed by atoms with Gasteiger partial charge < -0.3 is 14.2 Å². The van der Waals surface area contributed by atoms with Gasteiger partial charge in [0.1, 0.15) is 0 Å². The maximum absolute atomic E-state index is 11.2. The van der Waals surface area contributed by atoms with Gasteiger partial charge in [0.05, 0.1) is 25.1 Å². The van der Waals surface area contributed by atoms with E-state index in [1.165, 1.54) is 25.3 Å². The molecule has 0 aromatic heterocycles. The minimum atomic E-state index is -0.636. The van der Waals surface area contributed by atoms with Crippen molar-refractivity contribution in [3.05, 3.63) is 33.9 Å². The highest BCUT2D eigenvalue weighted by Gasteiger charge is 2.18. The van der Waals surface area contributed by atoms with Crippen LogP contribution in [0.1, 0.15) is 12.5 Å². The predicted octanol–water partition coefficient (Wildman–Crippen LogP) is 1.25. The second-order valence-corrected chi connectivity index (χ2v) is 3.91. The predicted molar refractivity (Wildman–Crippen MR) is 70.9 cm³/mol. The van der Waals surface area contributed by atoms with E-state index in [4.69, 9.17) is 4.74 Å². The van der Waals surface area contributed by atoms with Gasteiger partial charge in [-0.25, -0.2) is 4.79 Å². The van der Waals surface area contributed by atoms with E-state index in [-0.39, 0.29) is 24.5 Å². The second-order valence-electron chi connectivity index (χ2n) is 3.91. The molecule has 0 aliphatic heterocycles. The molecular weight excluding hydrogens is 282 g/mol. The normalized spacial score (nSPS) is 9.81. The van der Waals surface area contributed by atoms with Gasteiger partial charge >= 0.3 is 17.6 Å². The highest BCUT2D eigenvalue weighted by molar-refractivity contribution is 5.73. The minimum absolute atomic E-state index is 0.0513. The molecule has 0 amide bonds. The zero-order chi connectivity index (χ0) is 15.8. The molecule has 8 nitrogen and oxygen atoms in total. The lowest BCUT2D eigenvalue weighted by Crippen LogP contribution is -2.15. The number of carbonyl (C=O) groups excluding carboxylic acids is 2. The number of hydrogen-bond acceptors (Lipinski definition) is 7. The standard InChI is InChI=1S/C13H15NO7/c1-3-20-13(16)8-21-11-6-9(7-12(15)19-2)4-5-10(11)14(17)18/h4-6H,3,7-8H2,1-2H3. The van der Waals surface area contributed by atoms with Crippen LogP contribution < -0.4 is 4.74 Å². The van der Waals surface area contributed by atoms with Crippen LogP contribution in [-0.2, 0) is 25.5 Å². The quantitative estimate of drug-likeness (QED) is 0.423. The maximum atomic E-state index is 11.2. The van der Waals surface area contributed by atoms with Crippen molar-refractivity contribution in [2.75, 3.05) is 20.3 Å². The molecule has 0 saturated heterocycles. The largest absolute Gasteiger partial charge is 0.475 e. The van der Waals surface area contributed by atoms with Crippen LogP contribution in [0.2, 0.25) is 0 Å². The fourth-order valence-corrected chi connectivity index (χ4v) is 1.51. The van der Waals surface area contributed by atoms with Crippen LogP contribution in [0.4, 0.5) is 5.69 Å². The van der Waals surface area contributed by atoms with E-state index in [9.17, 15) is 19.7 Å². The number of ether oxygens (including phenoxy) is 3. The number of hydrogen-bond donors (Lipinski definition) is 0. The van der Waals surface area contributed by atoms with Gasteiger partial charge in [-0.3, -0.25) is 14.9 Å². The number of nitro benzene ring substituents is 1. The molecule has 0 fully saturated rings. The van der Waals surface area contributed by atoms with Crippen LogP contribution in [0, 0.1) is 10.1 Å². The van der Waals surface area contributed by atoms with Gasteiger partial charge in [0.25, 0.3) is 0 Å². The third-order valence-corrected chi connectivity index (χ3v) is 2.45. The first-order chi connectivity index (χ1) is 9.97. The lowest BCUT2D eigenvalue weighted by atomic mass is 10.1. The monoisotopic (exact) mass is 297 g/mol. The number of methoxy groups -OCH3 is 1. The van der Waals surface area contributed by atoms with Gasteiger partial charge in [-0.1, -0.05) is 6.07 Å². The third-order valence-electron chi connectivity index (χ3n) is 2.45. The molecule has 0 heterocycles. The van der Waals surface area contributed by atoms with Crippen molar-refractivity contribution in [2.24, 2.45) is 0 Å². The van der Waals surface area contributed by atoms with Crippen LogP contribution in [-0.4, -0.2) is 37.2 Å². The fourth-order valence-electron chi connectivity index (χ4n) is 1.51. The molecule has 0 aliphatic rings. The summed E-state index contributed by atoms with van der Waals surface area (Å²) in [6.45, 7) is 1.38. The number of nitro groups is 1. The summed E-state index contributed by atoms with van der Waals surface area (Å²) in [5.41, 5.74) is 0.180. The molecular formula is C13H15NO7. The van der Waals surface area contributed by atoms with Crippen molar-refractivity contribution in [1.82, 2.24) is 0 Å². The summed E-state index contributed by atoms with van der Waals surface area (Å²) in [5, 5.41) is 10.9. The molecule has 8 heteroatoms. The molecule has 0 radical (unpaired) electrons. The summed E-state index contributed by atoms with van der Waals surface area (Å²) >= 11 is 0. The molecule has 1 aromatic rings. The van der Waals surface area contributed by atoms with E-state index in [2.05, 4.69) is 9.47 Å². The average molecular weight is 297 g/mol. The molecule has 1 rings (SSSR count). The lowest BCUT2D eigenvalue weighted by molar-refractivity contribution is -0.385. The van der Waals surface area contributed by atoms with Crippen LogP contribution in [0.15, 0.2) is 18.2 Å². The molecule has 0 atom stereocenters. The summed E-state index contributed by atoms with van der Waals surface area (Å²) in [7, 11) is 1.24. The van der Waals surface area contributed by atoms with E-state index < -0.39 is 23.5 Å². The molecule has 0 unspecified atom stereocenters. The van der Waals surface area contributed by atoms with Gasteiger partial charge in [0, 0.05) is 6.07 Å². The molecule has 1 aromatic carbocycles. The number of benzene rings is 1. The van der Waals surface area contributed by atoms with Crippen molar-refractivity contribution >= 4 is 17.6 Å². The molecule has 0 bridgehead atoms. The van der Waals surface area contributed by atoms with Gasteiger partial charge in [-0.05, 0) is 18.6 Å². The van der Waals surface area contributed by atoms with E-state index >= 15 is 0 Å². The first kappa shape index (κ1) is 16.4. The van der Waals surface area contributed by atoms with Crippen LogP contribution in [0.25, 0.3) is 0 Å². The SMILES string of the molecule is CCOC(=O)COc1cc(CC(=O)OC)ccc1[N+](=O)[O-]. The number of esters is 2. The molecule has 0 spiro atoms. The van der Waals surface area contributed by atoms with Crippen molar-refractivity contribution in [3.63, 3.8) is 0 Å². The van der Waals surface area contributed by atoms with E-state index in [1.807, 2.05) is 0 Å². The maximum Gasteiger partial charge on any atom is 0.344 e. The van der Waals surface area contributed by atoms with Gasteiger partial charge in [0.2, 0.25) is 0 Å². The highest BCUT2D eigenvalue weighted by atomic mass is 16.6. The summed E-state index contributed by atoms with van der Waals surface area (Å²) < 4.78 is 14.3. The summed E-state index contributed by atoms with van der Waals surface area (Å²) in [5.74, 6) is -1.22. The summed E-state index contributed by atoms with van der Waals surface area (Å²) in [4.78, 5) is 32.7. The fraction of sp³-hybridized carbons (Fsp3) is 0.385. The Morgan fingerprint density at radius 2 is 2.00 bits per heavy atom. The molecule has 0 aliphatic carbocycles. The highest BCUT2D eigenvalue weighted by Crippen LogP contribution is 2.28. The topological polar surface area (TPSA) is 105 Å². The Hall–Kier alpha value is -2.64. The van der Waals surface area contributed by atoms with E-state index in [1.54, 1.807) is 6.92 Å². The minimum Gasteiger partial charge on any atom is -0.475 e. The summed E-state index contributed by atoms with van der Waals surface area (Å²) in [6.07, 6.45) is -0.0513. The first-order valence-corrected chi connectivity index (χ1v) is 6.10. The number of nitrogens with zero attached hydrogens (tertiary/aromatic N) is 1. The van der Waals surface area contributed by atoms with Crippen molar-refractivity contribution in [2.45, 2.75) is 13.3 Å². The van der Waals surface area contributed by atoms with Crippen molar-refractivity contribution in [1.29, 1.82) is 0 Å². The molecule has 0 saturated carbocycles. The van der Waals surface area contributed by atoms with E-state index in [0.29, 0.717) is 5.56 Å². The first-order valence-electron chi connectivity index (χ1n) is 6.10. The second kappa shape index (κ2) is 7.83. The van der Waals surface area contributed by atoms with Crippen molar-refractivity contribution in [3.8, 4) is 5.75 Å². The Bertz CT molecular complexity index is 541. The molecule has 0 N–H and O–H groups in total. The molecule has 114 valence electrons. The Balaban J connectivity index is 2.90. The average Bonchev–Trinajstić information content (AvgIpc) is 2.45.